The Balaban J connectivity index is 1.81. The van der Waals surface area contributed by atoms with Crippen LogP contribution in [0, 0.1) is 0 Å². The maximum absolute atomic E-state index is 13.1. The van der Waals surface area contributed by atoms with E-state index in [-0.39, 0.29) is 48.1 Å². The number of carboxylic acids is 1. The van der Waals surface area contributed by atoms with Crippen molar-refractivity contribution in [3.63, 3.8) is 0 Å². The number of hydrogen-bond donors (Lipinski definition) is 2. The van der Waals surface area contributed by atoms with Gasteiger partial charge in [0.1, 0.15) is 10.6 Å². The molecule has 1 heterocycles. The molecule has 1 aliphatic rings. The summed E-state index contributed by atoms with van der Waals surface area (Å²) in [5.41, 5.74) is 5.07. The summed E-state index contributed by atoms with van der Waals surface area (Å²) in [5.74, 6) is -1.26. The van der Waals surface area contributed by atoms with Gasteiger partial charge in [0.05, 0.1) is 29.6 Å². The lowest BCUT2D eigenvalue weighted by atomic mass is 10.1. The third-order valence-corrected chi connectivity index (χ3v) is 6.88. The van der Waals surface area contributed by atoms with Gasteiger partial charge in [-0.3, -0.25) is 0 Å². The lowest BCUT2D eigenvalue weighted by Gasteiger charge is -2.36. The number of benzene rings is 2. The van der Waals surface area contributed by atoms with Crippen molar-refractivity contribution < 1.29 is 36.2 Å². The van der Waals surface area contributed by atoms with Crippen molar-refractivity contribution >= 4 is 27.4 Å². The zero-order valence-electron chi connectivity index (χ0n) is 16.4. The summed E-state index contributed by atoms with van der Waals surface area (Å²) in [5, 5.41) is 9.17. The van der Waals surface area contributed by atoms with Crippen LogP contribution in [0.1, 0.15) is 15.9 Å². The first-order valence-electron chi connectivity index (χ1n) is 9.08. The fourth-order valence-corrected chi connectivity index (χ4v) is 4.94. The number of nitrogens with zero attached hydrogens (tertiary/aromatic N) is 2. The number of piperazine rings is 1. The van der Waals surface area contributed by atoms with Crippen LogP contribution < -0.4 is 15.4 Å². The minimum atomic E-state index is -4.51. The van der Waals surface area contributed by atoms with E-state index in [1.807, 2.05) is 0 Å². The summed E-state index contributed by atoms with van der Waals surface area (Å²) in [6.07, 6.45) is -4.51. The van der Waals surface area contributed by atoms with Crippen LogP contribution >= 0.6 is 0 Å². The monoisotopic (exact) mass is 459 g/mol. The smallest absolute Gasteiger partial charge is 0.416 e. The fourth-order valence-electron chi connectivity index (χ4n) is 3.34. The van der Waals surface area contributed by atoms with Crippen LogP contribution in [0.2, 0.25) is 0 Å². The second kappa shape index (κ2) is 8.27. The summed E-state index contributed by atoms with van der Waals surface area (Å²) < 4.78 is 71.0. The van der Waals surface area contributed by atoms with Crippen LogP contribution in [0.4, 0.5) is 24.5 Å². The number of hydrogen-bond acceptors (Lipinski definition) is 6. The molecule has 0 aromatic heterocycles. The molecule has 0 aliphatic carbocycles. The Bertz CT molecular complexity index is 1100. The van der Waals surface area contributed by atoms with Gasteiger partial charge in [0, 0.05) is 26.2 Å². The predicted molar refractivity (Wildman–Crippen MR) is 107 cm³/mol. The van der Waals surface area contributed by atoms with Gasteiger partial charge in [-0.25, -0.2) is 13.2 Å². The summed E-state index contributed by atoms with van der Waals surface area (Å²) in [4.78, 5) is 12.7. The lowest BCUT2D eigenvalue weighted by Crippen LogP contribution is -2.48. The number of sulfonamides is 1. The van der Waals surface area contributed by atoms with E-state index in [4.69, 9.17) is 15.6 Å². The van der Waals surface area contributed by atoms with Gasteiger partial charge in [-0.05, 0) is 36.4 Å². The van der Waals surface area contributed by atoms with E-state index in [0.717, 1.165) is 18.2 Å². The lowest BCUT2D eigenvalue weighted by molar-refractivity contribution is -0.137. The van der Waals surface area contributed by atoms with Gasteiger partial charge in [-0.15, -0.1) is 0 Å². The van der Waals surface area contributed by atoms with Crippen molar-refractivity contribution in [1.82, 2.24) is 4.31 Å². The van der Waals surface area contributed by atoms with E-state index in [9.17, 15) is 26.4 Å². The van der Waals surface area contributed by atoms with E-state index in [2.05, 4.69) is 0 Å². The number of ether oxygens (including phenoxy) is 1. The molecule has 0 radical (unpaired) electrons. The first-order chi connectivity index (χ1) is 14.4. The van der Waals surface area contributed by atoms with Crippen LogP contribution in [-0.4, -0.2) is 57.1 Å². The molecule has 3 N–H and O–H groups in total. The number of methoxy groups -OCH3 is 1. The molecule has 0 amide bonds. The molecule has 3 rings (SSSR count). The molecule has 1 saturated heterocycles. The van der Waals surface area contributed by atoms with Crippen LogP contribution in [0.5, 0.6) is 5.75 Å². The molecule has 0 saturated carbocycles. The van der Waals surface area contributed by atoms with Gasteiger partial charge >= 0.3 is 12.1 Å². The summed E-state index contributed by atoms with van der Waals surface area (Å²) >= 11 is 0. The number of carbonyl (C=O) groups is 1. The second-order valence-corrected chi connectivity index (χ2v) is 8.74. The highest BCUT2D eigenvalue weighted by atomic mass is 32.2. The van der Waals surface area contributed by atoms with E-state index in [1.54, 1.807) is 4.90 Å². The molecule has 0 atom stereocenters. The Morgan fingerprint density at radius 3 is 2.26 bits per heavy atom. The molecule has 0 unspecified atom stereocenters. The maximum Gasteiger partial charge on any atom is 0.416 e. The highest BCUT2D eigenvalue weighted by Gasteiger charge is 2.34. The third kappa shape index (κ3) is 4.54. The maximum atomic E-state index is 13.1. The third-order valence-electron chi connectivity index (χ3n) is 4.96. The molecule has 0 spiro atoms. The number of carboxylic acid groups (broad SMARTS) is 1. The van der Waals surface area contributed by atoms with Crippen molar-refractivity contribution in [2.45, 2.75) is 11.1 Å². The normalized spacial score (nSPS) is 15.7. The Kier molecular flexibility index (Phi) is 6.05. The number of nitrogens with two attached hydrogens (primary N) is 1. The van der Waals surface area contributed by atoms with Crippen LogP contribution in [-0.2, 0) is 16.2 Å². The highest BCUT2D eigenvalue weighted by Crippen LogP contribution is 2.35. The number of alkyl halides is 3. The summed E-state index contributed by atoms with van der Waals surface area (Å²) in [7, 11) is -2.79. The molecule has 8 nitrogen and oxygen atoms in total. The zero-order chi connectivity index (χ0) is 23.0. The minimum absolute atomic E-state index is 0.0133. The standard InChI is InChI=1S/C19H20F3N3O5S/c1-30-16-5-2-12(18(26)27)10-17(16)31(28,29)25-8-6-24(7-9-25)15-4-3-13(11-14(15)23)19(20,21)22/h2-5,10-11H,6-9,23H2,1H3,(H,26,27). The first-order valence-corrected chi connectivity index (χ1v) is 10.5. The zero-order valence-corrected chi connectivity index (χ0v) is 17.2. The average Bonchev–Trinajstić information content (AvgIpc) is 2.72. The number of halogens is 3. The van der Waals surface area contributed by atoms with Crippen LogP contribution in [0.25, 0.3) is 0 Å². The Morgan fingerprint density at radius 1 is 1.10 bits per heavy atom. The van der Waals surface area contributed by atoms with Gasteiger partial charge in [0.15, 0.2) is 0 Å². The van der Waals surface area contributed by atoms with E-state index >= 15 is 0 Å². The molecule has 12 heteroatoms. The van der Waals surface area contributed by atoms with Crippen molar-refractivity contribution in [3.8, 4) is 5.75 Å². The van der Waals surface area contributed by atoms with Gasteiger partial charge in [0.2, 0.25) is 10.0 Å². The highest BCUT2D eigenvalue weighted by molar-refractivity contribution is 7.89. The molecular formula is C19H20F3N3O5S. The quantitative estimate of drug-likeness (QED) is 0.661. The molecule has 2 aromatic carbocycles. The summed E-state index contributed by atoms with van der Waals surface area (Å²) in [6, 6.07) is 6.59. The van der Waals surface area contributed by atoms with Crippen LogP contribution in [0.3, 0.4) is 0 Å². The van der Waals surface area contributed by atoms with Crippen molar-refractivity contribution in [3.05, 3.63) is 47.5 Å². The van der Waals surface area contributed by atoms with Gasteiger partial charge in [-0.2, -0.15) is 17.5 Å². The second-order valence-electron chi connectivity index (χ2n) is 6.83. The average molecular weight is 459 g/mol. The van der Waals surface area contributed by atoms with Gasteiger partial charge in [0.25, 0.3) is 0 Å². The number of nitrogen functional groups attached to an aromatic ring is 1. The largest absolute Gasteiger partial charge is 0.495 e. The van der Waals surface area contributed by atoms with E-state index < -0.39 is 27.7 Å². The molecule has 31 heavy (non-hydrogen) atoms. The van der Waals surface area contributed by atoms with Crippen molar-refractivity contribution in [1.29, 1.82) is 0 Å². The molecule has 1 fully saturated rings. The summed E-state index contributed by atoms with van der Waals surface area (Å²) in [6.45, 7) is 0.442. The molecular weight excluding hydrogens is 439 g/mol. The fraction of sp³-hybridized carbons (Fsp3) is 0.316. The Morgan fingerprint density at radius 2 is 1.74 bits per heavy atom. The Hall–Kier alpha value is -2.99. The minimum Gasteiger partial charge on any atom is -0.495 e. The topological polar surface area (TPSA) is 113 Å². The molecule has 2 aromatic rings. The van der Waals surface area contributed by atoms with Gasteiger partial charge in [-0.1, -0.05) is 0 Å². The van der Waals surface area contributed by atoms with E-state index in [0.29, 0.717) is 5.69 Å². The molecule has 168 valence electrons. The van der Waals surface area contributed by atoms with Crippen molar-refractivity contribution in [2.24, 2.45) is 0 Å². The Labute approximate surface area is 176 Å². The van der Waals surface area contributed by atoms with Crippen LogP contribution in [0.15, 0.2) is 41.3 Å². The van der Waals surface area contributed by atoms with Gasteiger partial charge < -0.3 is 20.5 Å². The molecule has 1 aliphatic heterocycles. The number of aromatic carboxylic acids is 1. The first kappa shape index (κ1) is 22.7. The predicted octanol–water partition coefficient (Wildman–Crippen LogP) is 2.51. The van der Waals surface area contributed by atoms with Crippen molar-refractivity contribution in [2.75, 3.05) is 43.9 Å². The molecule has 0 bridgehead atoms. The van der Waals surface area contributed by atoms with E-state index in [1.165, 1.54) is 29.6 Å². The number of anilines is 2. The SMILES string of the molecule is COc1ccc(C(=O)O)cc1S(=O)(=O)N1CCN(c2ccc(C(F)(F)F)cc2N)CC1. The number of rotatable bonds is 5.